The van der Waals surface area contributed by atoms with Crippen molar-refractivity contribution < 1.29 is 16.8 Å². The van der Waals surface area contributed by atoms with Gasteiger partial charge in [0.25, 0.3) is 10.0 Å². The van der Waals surface area contributed by atoms with E-state index in [9.17, 15) is 16.8 Å². The molecule has 1 fully saturated rings. The largest absolute Gasteiger partial charge is 0.284 e. The summed E-state index contributed by atoms with van der Waals surface area (Å²) in [4.78, 5) is 0.269. The third-order valence-electron chi connectivity index (χ3n) is 4.34. The highest BCUT2D eigenvalue weighted by molar-refractivity contribution is 7.93. The molecule has 0 aromatic heterocycles. The first kappa shape index (κ1) is 18.7. The van der Waals surface area contributed by atoms with E-state index >= 15 is 0 Å². The quantitative estimate of drug-likeness (QED) is 0.816. The molecule has 3 rings (SSSR count). The molecule has 0 unspecified atom stereocenters. The van der Waals surface area contributed by atoms with Crippen LogP contribution in [0.25, 0.3) is 0 Å². The fourth-order valence-corrected chi connectivity index (χ4v) is 5.09. The molecule has 2 aromatic rings. The highest BCUT2D eigenvalue weighted by Crippen LogP contribution is 2.37. The molecule has 0 amide bonds. The van der Waals surface area contributed by atoms with Crippen LogP contribution in [0.4, 0.5) is 11.4 Å². The second-order valence-corrected chi connectivity index (χ2v) is 10.3. The van der Waals surface area contributed by atoms with E-state index in [1.54, 1.807) is 36.4 Å². The fraction of sp³-hybridized carbons (Fsp3) is 0.333. The van der Waals surface area contributed by atoms with Crippen molar-refractivity contribution in [1.82, 2.24) is 0 Å². The Hall–Kier alpha value is -2.06. The molecule has 0 atom stereocenters. The molecular formula is C18H22N2O4S2. The number of sulfonamides is 2. The van der Waals surface area contributed by atoms with E-state index in [0.29, 0.717) is 11.4 Å². The second-order valence-electron chi connectivity index (χ2n) is 6.70. The summed E-state index contributed by atoms with van der Waals surface area (Å²) >= 11 is 0. The predicted octanol–water partition coefficient (Wildman–Crippen LogP) is 3.03. The molecule has 0 spiro atoms. The van der Waals surface area contributed by atoms with Gasteiger partial charge in [-0.2, -0.15) is 0 Å². The Bertz CT molecular complexity index is 1030. The van der Waals surface area contributed by atoms with E-state index in [-0.39, 0.29) is 10.9 Å². The van der Waals surface area contributed by atoms with Gasteiger partial charge in [0, 0.05) is 11.7 Å². The van der Waals surface area contributed by atoms with E-state index in [4.69, 9.17) is 0 Å². The third kappa shape index (κ3) is 4.02. The van der Waals surface area contributed by atoms with Crippen molar-refractivity contribution in [2.75, 3.05) is 15.3 Å². The van der Waals surface area contributed by atoms with Gasteiger partial charge in [-0.3, -0.25) is 9.03 Å². The zero-order chi connectivity index (χ0) is 19.1. The average molecular weight is 395 g/mol. The molecule has 1 aliphatic rings. The first-order chi connectivity index (χ1) is 12.1. The smallest absolute Gasteiger partial charge is 0.264 e. The van der Waals surface area contributed by atoms with E-state index in [1.807, 2.05) is 19.9 Å². The summed E-state index contributed by atoms with van der Waals surface area (Å²) in [5, 5.41) is 0. The summed E-state index contributed by atoms with van der Waals surface area (Å²) < 4.78 is 52.9. The number of benzene rings is 2. The molecule has 26 heavy (non-hydrogen) atoms. The third-order valence-corrected chi connectivity index (χ3v) is 6.82. The lowest BCUT2D eigenvalue weighted by Crippen LogP contribution is -2.33. The van der Waals surface area contributed by atoms with Crippen molar-refractivity contribution in [3.05, 3.63) is 53.6 Å². The van der Waals surface area contributed by atoms with E-state index < -0.39 is 20.0 Å². The summed E-state index contributed by atoms with van der Waals surface area (Å²) in [5.41, 5.74) is 2.90. The van der Waals surface area contributed by atoms with Crippen molar-refractivity contribution >= 4 is 31.4 Å². The number of rotatable bonds is 6. The number of aryl methyl sites for hydroxylation is 2. The maximum atomic E-state index is 13.2. The minimum atomic E-state index is -3.68. The molecule has 1 N–H and O–H groups in total. The first-order valence-corrected chi connectivity index (χ1v) is 11.6. The molecule has 6 nitrogen and oxygen atoms in total. The molecule has 1 aliphatic carbocycles. The Labute approximate surface area is 155 Å². The number of nitrogens with one attached hydrogen (secondary N) is 1. The lowest BCUT2D eigenvalue weighted by Gasteiger charge is -2.25. The first-order valence-electron chi connectivity index (χ1n) is 8.27. The highest BCUT2D eigenvalue weighted by Gasteiger charge is 2.38. The molecule has 0 radical (unpaired) electrons. The molecule has 140 valence electrons. The highest BCUT2D eigenvalue weighted by atomic mass is 32.2. The van der Waals surface area contributed by atoms with E-state index in [2.05, 4.69) is 4.72 Å². The van der Waals surface area contributed by atoms with Gasteiger partial charge in [-0.25, -0.2) is 16.8 Å². The Morgan fingerprint density at radius 3 is 2.04 bits per heavy atom. The van der Waals surface area contributed by atoms with Crippen LogP contribution in [0.5, 0.6) is 0 Å². The van der Waals surface area contributed by atoms with Crippen LogP contribution >= 0.6 is 0 Å². The maximum Gasteiger partial charge on any atom is 0.264 e. The Kier molecular flexibility index (Phi) is 4.74. The standard InChI is InChI=1S/C18H22N2O4S2/c1-13-4-11-18(12-14(13)2)26(23,24)20(17-9-10-17)16-7-5-15(6-8-16)19-25(3,21)22/h4-8,11-12,17,19H,9-10H2,1-3H3. The lowest BCUT2D eigenvalue weighted by atomic mass is 10.1. The monoisotopic (exact) mass is 394 g/mol. The van der Waals surface area contributed by atoms with Crippen molar-refractivity contribution in [2.45, 2.75) is 37.6 Å². The minimum absolute atomic E-state index is 0.0599. The van der Waals surface area contributed by atoms with Crippen molar-refractivity contribution in [2.24, 2.45) is 0 Å². The summed E-state index contributed by atoms with van der Waals surface area (Å²) in [5.74, 6) is 0. The lowest BCUT2D eigenvalue weighted by molar-refractivity contribution is 0.590. The van der Waals surface area contributed by atoms with Crippen LogP contribution < -0.4 is 9.03 Å². The number of hydrogen-bond donors (Lipinski definition) is 1. The van der Waals surface area contributed by atoms with Gasteiger partial charge in [0.05, 0.1) is 16.8 Å². The van der Waals surface area contributed by atoms with Crippen LogP contribution in [-0.4, -0.2) is 29.1 Å². The van der Waals surface area contributed by atoms with Crippen molar-refractivity contribution in [1.29, 1.82) is 0 Å². The Morgan fingerprint density at radius 1 is 0.923 bits per heavy atom. The van der Waals surface area contributed by atoms with Gasteiger partial charge in [-0.1, -0.05) is 6.07 Å². The molecular weight excluding hydrogens is 372 g/mol. The molecule has 0 saturated heterocycles. The SMILES string of the molecule is Cc1ccc(S(=O)(=O)N(c2ccc(NS(C)(=O)=O)cc2)C2CC2)cc1C. The number of nitrogens with zero attached hydrogens (tertiary/aromatic N) is 1. The topological polar surface area (TPSA) is 83.6 Å². The van der Waals surface area contributed by atoms with E-state index in [0.717, 1.165) is 30.2 Å². The zero-order valence-electron chi connectivity index (χ0n) is 14.9. The summed E-state index contributed by atoms with van der Waals surface area (Å²) in [6, 6.07) is 11.5. The van der Waals surface area contributed by atoms with Gasteiger partial charge in [0.15, 0.2) is 0 Å². The zero-order valence-corrected chi connectivity index (χ0v) is 16.6. The van der Waals surface area contributed by atoms with E-state index in [1.165, 1.54) is 4.31 Å². The van der Waals surface area contributed by atoms with Crippen LogP contribution in [0.15, 0.2) is 47.4 Å². The van der Waals surface area contributed by atoms with Crippen molar-refractivity contribution in [3.63, 3.8) is 0 Å². The minimum Gasteiger partial charge on any atom is -0.284 e. The van der Waals surface area contributed by atoms with Gasteiger partial charge in [0.2, 0.25) is 10.0 Å². The van der Waals surface area contributed by atoms with Gasteiger partial charge >= 0.3 is 0 Å². The van der Waals surface area contributed by atoms with Gasteiger partial charge in [0.1, 0.15) is 0 Å². The Balaban J connectivity index is 1.97. The molecule has 8 heteroatoms. The van der Waals surface area contributed by atoms with Crippen LogP contribution in [0.2, 0.25) is 0 Å². The second kappa shape index (κ2) is 6.59. The Morgan fingerprint density at radius 2 is 1.54 bits per heavy atom. The van der Waals surface area contributed by atoms with Crippen LogP contribution in [0.3, 0.4) is 0 Å². The van der Waals surface area contributed by atoms with Gasteiger partial charge < -0.3 is 0 Å². The number of hydrogen-bond acceptors (Lipinski definition) is 4. The summed E-state index contributed by atoms with van der Waals surface area (Å²) in [7, 11) is -7.06. The number of anilines is 2. The molecule has 2 aromatic carbocycles. The molecule has 0 heterocycles. The average Bonchev–Trinajstić information content (AvgIpc) is 3.35. The normalized spacial score (nSPS) is 14.9. The molecule has 0 bridgehead atoms. The molecule has 1 saturated carbocycles. The maximum absolute atomic E-state index is 13.2. The van der Waals surface area contributed by atoms with Gasteiger partial charge in [-0.05, 0) is 74.2 Å². The summed E-state index contributed by atoms with van der Waals surface area (Å²) in [6.07, 6.45) is 2.70. The fourth-order valence-electron chi connectivity index (χ4n) is 2.73. The predicted molar refractivity (Wildman–Crippen MR) is 104 cm³/mol. The van der Waals surface area contributed by atoms with Crippen LogP contribution in [0.1, 0.15) is 24.0 Å². The summed E-state index contributed by atoms with van der Waals surface area (Å²) in [6.45, 7) is 3.83. The van der Waals surface area contributed by atoms with Crippen LogP contribution in [0, 0.1) is 13.8 Å². The molecule has 0 aliphatic heterocycles. The van der Waals surface area contributed by atoms with Crippen LogP contribution in [-0.2, 0) is 20.0 Å². The van der Waals surface area contributed by atoms with Gasteiger partial charge in [-0.15, -0.1) is 0 Å². The van der Waals surface area contributed by atoms with Crippen molar-refractivity contribution in [3.8, 4) is 0 Å².